The first-order valence-corrected chi connectivity index (χ1v) is 11.2. The summed E-state index contributed by atoms with van der Waals surface area (Å²) in [6, 6.07) is 13.1. The van der Waals surface area contributed by atoms with Crippen molar-refractivity contribution in [2.75, 3.05) is 32.6 Å². The van der Waals surface area contributed by atoms with Crippen LogP contribution in [0.15, 0.2) is 51.5 Å². The summed E-state index contributed by atoms with van der Waals surface area (Å²) in [5.41, 5.74) is 1.56. The fraction of sp³-hybridized carbons (Fsp3) is 0.348. The predicted molar refractivity (Wildman–Crippen MR) is 124 cm³/mol. The number of amides is 1. The highest BCUT2D eigenvalue weighted by molar-refractivity contribution is 9.10. The van der Waals surface area contributed by atoms with Crippen LogP contribution in [-0.4, -0.2) is 48.3 Å². The maximum absolute atomic E-state index is 12.8. The molecule has 1 fully saturated rings. The molecule has 0 aliphatic carbocycles. The van der Waals surface area contributed by atoms with E-state index in [1.807, 2.05) is 24.3 Å². The molecule has 3 aromatic rings. The third kappa shape index (κ3) is 5.28. The van der Waals surface area contributed by atoms with E-state index < -0.39 is 0 Å². The Morgan fingerprint density at radius 1 is 1.16 bits per heavy atom. The van der Waals surface area contributed by atoms with Gasteiger partial charge in [-0.05, 0) is 62.3 Å². The van der Waals surface area contributed by atoms with Gasteiger partial charge in [-0.1, -0.05) is 21.1 Å². The third-order valence-corrected chi connectivity index (χ3v) is 6.08. The van der Waals surface area contributed by atoms with Gasteiger partial charge in [0.05, 0.1) is 26.5 Å². The van der Waals surface area contributed by atoms with Crippen LogP contribution in [-0.2, 0) is 11.3 Å². The summed E-state index contributed by atoms with van der Waals surface area (Å²) in [5.74, 6) is 2.36. The molecule has 9 heteroatoms. The Balaban J connectivity index is 1.30. The number of carbonyl (C=O) groups is 1. The largest absolute Gasteiger partial charge is 0.497 e. The molecule has 1 amide bonds. The van der Waals surface area contributed by atoms with E-state index in [0.717, 1.165) is 36.0 Å². The number of likely N-dealkylation sites (tertiary alicyclic amines) is 1. The Morgan fingerprint density at radius 3 is 2.59 bits per heavy atom. The molecule has 1 aliphatic rings. The minimum absolute atomic E-state index is 0.00318. The highest BCUT2D eigenvalue weighted by Gasteiger charge is 2.26. The van der Waals surface area contributed by atoms with Crippen molar-refractivity contribution in [3.8, 4) is 22.9 Å². The molecule has 8 nitrogen and oxygen atoms in total. The zero-order valence-corrected chi connectivity index (χ0v) is 19.6. The molecule has 1 N–H and O–H groups in total. The SMILES string of the molecule is COc1ccc(NC(=O)C2CCN(Cc3nc(-c4ccc(Br)cc4)no3)CC2)c(OC)c1. The number of methoxy groups -OCH3 is 2. The molecule has 1 aromatic heterocycles. The van der Waals surface area contributed by atoms with E-state index in [-0.39, 0.29) is 11.8 Å². The van der Waals surface area contributed by atoms with Gasteiger partial charge < -0.3 is 19.3 Å². The number of piperidine rings is 1. The Hall–Kier alpha value is -2.91. The molecule has 0 unspecified atom stereocenters. The summed E-state index contributed by atoms with van der Waals surface area (Å²) >= 11 is 3.42. The fourth-order valence-corrected chi connectivity index (χ4v) is 3.98. The summed E-state index contributed by atoms with van der Waals surface area (Å²) in [7, 11) is 3.17. The van der Waals surface area contributed by atoms with Crippen molar-refractivity contribution in [3.63, 3.8) is 0 Å². The van der Waals surface area contributed by atoms with Crippen LogP contribution in [0.25, 0.3) is 11.4 Å². The average Bonchev–Trinajstić information content (AvgIpc) is 3.28. The summed E-state index contributed by atoms with van der Waals surface area (Å²) in [5, 5.41) is 7.08. The number of benzene rings is 2. The maximum atomic E-state index is 12.8. The van der Waals surface area contributed by atoms with Crippen LogP contribution in [0.3, 0.4) is 0 Å². The molecule has 0 radical (unpaired) electrons. The first-order chi connectivity index (χ1) is 15.6. The summed E-state index contributed by atoms with van der Waals surface area (Å²) < 4.78 is 17.0. The molecule has 0 spiro atoms. The number of hydrogen-bond acceptors (Lipinski definition) is 7. The van der Waals surface area contributed by atoms with Crippen LogP contribution in [0, 0.1) is 5.92 Å². The number of ether oxygens (including phenoxy) is 2. The smallest absolute Gasteiger partial charge is 0.241 e. The van der Waals surface area contributed by atoms with Gasteiger partial charge in [-0.15, -0.1) is 0 Å². The van der Waals surface area contributed by atoms with Crippen LogP contribution in [0.2, 0.25) is 0 Å². The zero-order chi connectivity index (χ0) is 22.5. The van der Waals surface area contributed by atoms with Crippen molar-refractivity contribution in [2.45, 2.75) is 19.4 Å². The quantitative estimate of drug-likeness (QED) is 0.515. The first-order valence-electron chi connectivity index (χ1n) is 10.4. The first kappa shape index (κ1) is 22.3. The lowest BCUT2D eigenvalue weighted by Gasteiger charge is -2.30. The minimum atomic E-state index is -0.0564. The van der Waals surface area contributed by atoms with Gasteiger partial charge in [-0.25, -0.2) is 0 Å². The van der Waals surface area contributed by atoms with E-state index in [0.29, 0.717) is 35.4 Å². The van der Waals surface area contributed by atoms with Gasteiger partial charge in [0.1, 0.15) is 11.5 Å². The van der Waals surface area contributed by atoms with Crippen LogP contribution in [0.4, 0.5) is 5.69 Å². The van der Waals surface area contributed by atoms with Gasteiger partial charge in [-0.2, -0.15) is 4.98 Å². The number of rotatable bonds is 7. The number of nitrogens with zero attached hydrogens (tertiary/aromatic N) is 3. The topological polar surface area (TPSA) is 89.7 Å². The zero-order valence-electron chi connectivity index (χ0n) is 18.0. The van der Waals surface area contributed by atoms with Gasteiger partial charge >= 0.3 is 0 Å². The molecule has 1 aliphatic heterocycles. The van der Waals surface area contributed by atoms with E-state index >= 15 is 0 Å². The van der Waals surface area contributed by atoms with Gasteiger partial charge in [0.2, 0.25) is 17.6 Å². The van der Waals surface area contributed by atoms with E-state index in [2.05, 4.69) is 36.3 Å². The lowest BCUT2D eigenvalue weighted by atomic mass is 9.96. The van der Waals surface area contributed by atoms with E-state index in [1.54, 1.807) is 32.4 Å². The van der Waals surface area contributed by atoms with Crippen LogP contribution in [0.5, 0.6) is 11.5 Å². The summed E-state index contributed by atoms with van der Waals surface area (Å²) in [6.07, 6.45) is 1.52. The molecule has 0 saturated carbocycles. The van der Waals surface area contributed by atoms with E-state index in [1.165, 1.54) is 0 Å². The van der Waals surface area contributed by atoms with E-state index in [4.69, 9.17) is 14.0 Å². The lowest BCUT2D eigenvalue weighted by Crippen LogP contribution is -2.37. The Labute approximate surface area is 195 Å². The van der Waals surface area contributed by atoms with Crippen molar-refractivity contribution >= 4 is 27.5 Å². The molecular weight excluding hydrogens is 476 g/mol. The Kier molecular flexibility index (Phi) is 7.06. The average molecular weight is 501 g/mol. The van der Waals surface area contributed by atoms with Crippen molar-refractivity contribution in [1.82, 2.24) is 15.0 Å². The fourth-order valence-electron chi connectivity index (χ4n) is 3.72. The molecule has 32 heavy (non-hydrogen) atoms. The molecule has 4 rings (SSSR count). The number of nitrogens with one attached hydrogen (secondary N) is 1. The second kappa shape index (κ2) is 10.1. The standard InChI is InChI=1S/C23H25BrN4O4/c1-30-18-7-8-19(20(13-18)31-2)25-23(29)16-9-11-28(12-10-16)14-21-26-22(27-32-21)15-3-5-17(24)6-4-15/h3-8,13,16H,9-12,14H2,1-2H3,(H,25,29). The predicted octanol–water partition coefficient (Wildman–Crippen LogP) is 4.37. The molecule has 0 bridgehead atoms. The molecule has 2 heterocycles. The molecule has 2 aromatic carbocycles. The lowest BCUT2D eigenvalue weighted by molar-refractivity contribution is -0.121. The van der Waals surface area contributed by atoms with Crippen LogP contribution < -0.4 is 14.8 Å². The van der Waals surface area contributed by atoms with Crippen LogP contribution in [0.1, 0.15) is 18.7 Å². The van der Waals surface area contributed by atoms with Gasteiger partial charge in [0, 0.05) is 22.0 Å². The molecule has 168 valence electrons. The van der Waals surface area contributed by atoms with Gasteiger partial charge in [-0.3, -0.25) is 9.69 Å². The third-order valence-electron chi connectivity index (χ3n) is 5.55. The van der Waals surface area contributed by atoms with Gasteiger partial charge in [0.25, 0.3) is 0 Å². The number of halogens is 1. The number of anilines is 1. The van der Waals surface area contributed by atoms with Crippen molar-refractivity contribution in [1.29, 1.82) is 0 Å². The normalized spacial score (nSPS) is 14.8. The number of carbonyl (C=O) groups excluding carboxylic acids is 1. The highest BCUT2D eigenvalue weighted by Crippen LogP contribution is 2.30. The highest BCUT2D eigenvalue weighted by atomic mass is 79.9. The molecule has 0 atom stereocenters. The van der Waals surface area contributed by atoms with Crippen molar-refractivity contribution < 1.29 is 18.8 Å². The molecule has 1 saturated heterocycles. The maximum Gasteiger partial charge on any atom is 0.241 e. The minimum Gasteiger partial charge on any atom is -0.497 e. The Bertz CT molecular complexity index is 1060. The van der Waals surface area contributed by atoms with Crippen molar-refractivity contribution in [3.05, 3.63) is 52.8 Å². The monoisotopic (exact) mass is 500 g/mol. The van der Waals surface area contributed by atoms with Gasteiger partial charge in [0.15, 0.2) is 0 Å². The van der Waals surface area contributed by atoms with Crippen LogP contribution >= 0.6 is 15.9 Å². The van der Waals surface area contributed by atoms with E-state index in [9.17, 15) is 4.79 Å². The second-order valence-electron chi connectivity index (χ2n) is 7.62. The number of aromatic nitrogens is 2. The summed E-state index contributed by atoms with van der Waals surface area (Å²) in [4.78, 5) is 19.5. The summed E-state index contributed by atoms with van der Waals surface area (Å²) in [6.45, 7) is 2.14. The number of hydrogen-bond donors (Lipinski definition) is 1. The molecular formula is C23H25BrN4O4. The second-order valence-corrected chi connectivity index (χ2v) is 8.54. The van der Waals surface area contributed by atoms with Crippen molar-refractivity contribution in [2.24, 2.45) is 5.92 Å². The Morgan fingerprint density at radius 2 is 1.91 bits per heavy atom.